The van der Waals surface area contributed by atoms with Crippen LogP contribution >= 0.6 is 0 Å². The first kappa shape index (κ1) is 27.7. The van der Waals surface area contributed by atoms with E-state index in [1.54, 1.807) is 27.4 Å². The second-order valence-electron chi connectivity index (χ2n) is 8.95. The lowest BCUT2D eigenvalue weighted by atomic mass is 9.93. The second kappa shape index (κ2) is 14.6. The number of fused-ring (bicyclic) bond motifs is 1. The van der Waals surface area contributed by atoms with Gasteiger partial charge < -0.3 is 28.4 Å². The zero-order valence-corrected chi connectivity index (χ0v) is 21.7. The molecule has 0 spiro atoms. The smallest absolute Gasteiger partial charge is 0.342 e. The Kier molecular flexibility index (Phi) is 11.3. The molecular formula is C29H38O7. The summed E-state index contributed by atoms with van der Waals surface area (Å²) in [5.74, 6) is 1.15. The Morgan fingerprint density at radius 1 is 1.00 bits per heavy atom. The molecule has 0 saturated heterocycles. The highest BCUT2D eigenvalue weighted by molar-refractivity contribution is 5.94. The van der Waals surface area contributed by atoms with Crippen LogP contribution in [0.4, 0.5) is 0 Å². The molecule has 0 amide bonds. The van der Waals surface area contributed by atoms with Crippen LogP contribution in [0.5, 0.6) is 11.5 Å². The first-order valence-electron chi connectivity index (χ1n) is 12.4. The Bertz CT molecular complexity index is 970. The van der Waals surface area contributed by atoms with Gasteiger partial charge in [-0.05, 0) is 48.1 Å². The third kappa shape index (κ3) is 8.08. The molecule has 2 aromatic carbocycles. The molecule has 3 atom stereocenters. The van der Waals surface area contributed by atoms with Gasteiger partial charge >= 0.3 is 5.97 Å². The first-order valence-corrected chi connectivity index (χ1v) is 12.4. The van der Waals surface area contributed by atoms with E-state index in [4.69, 9.17) is 28.4 Å². The third-order valence-corrected chi connectivity index (χ3v) is 6.36. The number of carbonyl (C=O) groups excluding carboxylic acids is 1. The van der Waals surface area contributed by atoms with Crippen molar-refractivity contribution in [2.75, 3.05) is 34.7 Å². The van der Waals surface area contributed by atoms with E-state index < -0.39 is 5.97 Å². The molecule has 7 nitrogen and oxygen atoms in total. The minimum absolute atomic E-state index is 0.134. The predicted octanol–water partition coefficient (Wildman–Crippen LogP) is 5.35. The number of carbonyl (C=O) groups is 1. The van der Waals surface area contributed by atoms with Gasteiger partial charge in [0, 0.05) is 20.0 Å². The largest absolute Gasteiger partial charge is 0.497 e. The van der Waals surface area contributed by atoms with Crippen LogP contribution in [0.3, 0.4) is 0 Å². The molecule has 0 aliphatic carbocycles. The number of allylic oxidation sites excluding steroid dienone is 2. The van der Waals surface area contributed by atoms with Crippen molar-refractivity contribution in [1.82, 2.24) is 0 Å². The van der Waals surface area contributed by atoms with Crippen LogP contribution in [0.2, 0.25) is 0 Å². The number of rotatable bonds is 10. The fraction of sp³-hybridized carbons (Fsp3) is 0.483. The minimum Gasteiger partial charge on any atom is -0.497 e. The molecule has 36 heavy (non-hydrogen) atoms. The maximum atomic E-state index is 13.4. The Labute approximate surface area is 214 Å². The van der Waals surface area contributed by atoms with Gasteiger partial charge in [-0.1, -0.05) is 43.3 Å². The molecule has 1 aliphatic heterocycles. The van der Waals surface area contributed by atoms with E-state index in [0.29, 0.717) is 43.8 Å². The van der Waals surface area contributed by atoms with Crippen molar-refractivity contribution in [2.24, 2.45) is 5.92 Å². The second-order valence-corrected chi connectivity index (χ2v) is 8.95. The quantitative estimate of drug-likeness (QED) is 0.189. The van der Waals surface area contributed by atoms with E-state index in [2.05, 4.69) is 19.1 Å². The molecule has 196 valence electrons. The van der Waals surface area contributed by atoms with E-state index in [9.17, 15) is 4.79 Å². The molecule has 1 aliphatic rings. The zero-order chi connectivity index (χ0) is 25.8. The average molecular weight is 499 g/mol. The molecule has 1 unspecified atom stereocenters. The van der Waals surface area contributed by atoms with Gasteiger partial charge in [0.2, 0.25) is 0 Å². The van der Waals surface area contributed by atoms with Crippen molar-refractivity contribution >= 4 is 5.97 Å². The van der Waals surface area contributed by atoms with Gasteiger partial charge in [0.15, 0.2) is 0 Å². The van der Waals surface area contributed by atoms with Crippen LogP contribution in [0.15, 0.2) is 54.6 Å². The SMILES string of the molecule is COCO[C@@H]1CC(CCOCc2ccc(OC)cc2)OC(=O)c2c(cccc2OC)C/C=C\C[C@@H]1C. The van der Waals surface area contributed by atoms with Crippen LogP contribution in [-0.2, 0) is 32.0 Å². The van der Waals surface area contributed by atoms with Crippen molar-refractivity contribution in [3.63, 3.8) is 0 Å². The monoisotopic (exact) mass is 498 g/mol. The molecule has 1 heterocycles. The van der Waals surface area contributed by atoms with Crippen LogP contribution < -0.4 is 9.47 Å². The first-order chi connectivity index (χ1) is 17.5. The third-order valence-electron chi connectivity index (χ3n) is 6.36. The molecule has 0 radical (unpaired) electrons. The standard InChI is InChI=1S/C29H38O7/c1-21-8-5-6-9-23-10-7-11-26(33-4)28(23)29(30)36-25(18-27(21)35-20-31-2)16-17-34-19-22-12-14-24(32-3)15-13-22/h5-7,10-15,21,25,27H,8-9,16-20H2,1-4H3/b6-5-/t21-,25?,27+/m0/s1. The summed E-state index contributed by atoms with van der Waals surface area (Å²) in [6.07, 6.45) is 6.26. The summed E-state index contributed by atoms with van der Waals surface area (Å²) in [5.41, 5.74) is 2.40. The van der Waals surface area contributed by atoms with Gasteiger partial charge in [0.25, 0.3) is 0 Å². The molecule has 7 heteroatoms. The fourth-order valence-corrected chi connectivity index (χ4v) is 4.26. The summed E-state index contributed by atoms with van der Waals surface area (Å²) in [7, 11) is 4.81. The Morgan fingerprint density at radius 2 is 1.81 bits per heavy atom. The maximum Gasteiger partial charge on any atom is 0.342 e. The van der Waals surface area contributed by atoms with Gasteiger partial charge in [0.05, 0.1) is 33.5 Å². The summed E-state index contributed by atoms with van der Waals surface area (Å²) in [6.45, 7) is 3.23. The van der Waals surface area contributed by atoms with Gasteiger partial charge in [-0.3, -0.25) is 0 Å². The van der Waals surface area contributed by atoms with E-state index in [-0.39, 0.29) is 24.9 Å². The number of methoxy groups -OCH3 is 3. The highest BCUT2D eigenvalue weighted by atomic mass is 16.7. The van der Waals surface area contributed by atoms with E-state index in [1.165, 1.54) is 0 Å². The van der Waals surface area contributed by atoms with Crippen molar-refractivity contribution in [3.05, 3.63) is 71.3 Å². The molecule has 0 saturated carbocycles. The van der Waals surface area contributed by atoms with Gasteiger partial charge in [0.1, 0.15) is 30.0 Å². The van der Waals surface area contributed by atoms with Crippen LogP contribution in [0.25, 0.3) is 0 Å². The molecule has 2 aromatic rings. The number of hydrogen-bond acceptors (Lipinski definition) is 7. The summed E-state index contributed by atoms with van der Waals surface area (Å²) >= 11 is 0. The lowest BCUT2D eigenvalue weighted by Crippen LogP contribution is -2.32. The van der Waals surface area contributed by atoms with E-state index in [0.717, 1.165) is 23.3 Å². The lowest BCUT2D eigenvalue weighted by molar-refractivity contribution is -0.104. The number of cyclic esters (lactones) is 1. The molecule has 0 bridgehead atoms. The van der Waals surface area contributed by atoms with Crippen molar-refractivity contribution < 1.29 is 33.2 Å². The summed E-state index contributed by atoms with van der Waals surface area (Å²) in [6, 6.07) is 13.4. The van der Waals surface area contributed by atoms with Crippen LogP contribution in [0.1, 0.15) is 47.7 Å². The van der Waals surface area contributed by atoms with Crippen molar-refractivity contribution in [3.8, 4) is 11.5 Å². The molecule has 0 fully saturated rings. The van der Waals surface area contributed by atoms with Crippen molar-refractivity contribution in [2.45, 2.75) is 51.4 Å². The zero-order valence-electron chi connectivity index (χ0n) is 21.7. The number of ether oxygens (including phenoxy) is 6. The Hall–Kier alpha value is -2.87. The average Bonchev–Trinajstić information content (AvgIpc) is 2.90. The fourth-order valence-electron chi connectivity index (χ4n) is 4.26. The van der Waals surface area contributed by atoms with E-state index in [1.807, 2.05) is 36.4 Å². The topological polar surface area (TPSA) is 72.5 Å². The van der Waals surface area contributed by atoms with Gasteiger partial charge in [-0.25, -0.2) is 4.79 Å². The van der Waals surface area contributed by atoms with Crippen molar-refractivity contribution in [1.29, 1.82) is 0 Å². The molecule has 0 aromatic heterocycles. The minimum atomic E-state index is -0.394. The lowest BCUT2D eigenvalue weighted by Gasteiger charge is -2.28. The molecular weight excluding hydrogens is 460 g/mol. The molecule has 0 N–H and O–H groups in total. The molecule has 3 rings (SSSR count). The predicted molar refractivity (Wildman–Crippen MR) is 137 cm³/mol. The number of hydrogen-bond donors (Lipinski definition) is 0. The van der Waals surface area contributed by atoms with Gasteiger partial charge in [-0.15, -0.1) is 0 Å². The number of benzene rings is 2. The normalized spacial score (nSPS) is 21.4. The van der Waals surface area contributed by atoms with Crippen LogP contribution in [-0.4, -0.2) is 52.9 Å². The van der Waals surface area contributed by atoms with Crippen LogP contribution in [0, 0.1) is 5.92 Å². The van der Waals surface area contributed by atoms with Gasteiger partial charge in [-0.2, -0.15) is 0 Å². The van der Waals surface area contributed by atoms with E-state index >= 15 is 0 Å². The summed E-state index contributed by atoms with van der Waals surface area (Å²) in [4.78, 5) is 13.4. The highest BCUT2D eigenvalue weighted by Crippen LogP contribution is 2.28. The highest BCUT2D eigenvalue weighted by Gasteiger charge is 2.28. The summed E-state index contributed by atoms with van der Waals surface area (Å²) in [5, 5.41) is 0. The summed E-state index contributed by atoms with van der Waals surface area (Å²) < 4.78 is 33.9. The maximum absolute atomic E-state index is 13.4. The Morgan fingerprint density at radius 3 is 2.53 bits per heavy atom. The number of esters is 1. The Balaban J connectivity index is 1.75.